The molecule has 6 heteroatoms. The highest BCUT2D eigenvalue weighted by Crippen LogP contribution is 2.23. The molecule has 0 unspecified atom stereocenters. The summed E-state index contributed by atoms with van der Waals surface area (Å²) in [7, 11) is 0. The van der Waals surface area contributed by atoms with Gasteiger partial charge in [-0.25, -0.2) is 17.6 Å². The number of benzene rings is 2. The maximum Gasteiger partial charge on any atom is 0.198 e. The summed E-state index contributed by atoms with van der Waals surface area (Å²) in [4.78, 5) is 11.9. The zero-order valence-electron chi connectivity index (χ0n) is 9.38. The van der Waals surface area contributed by atoms with E-state index >= 15 is 0 Å². The maximum atomic E-state index is 13.5. The third kappa shape index (κ3) is 2.16. The Bertz CT molecular complexity index is 670. The van der Waals surface area contributed by atoms with Gasteiger partial charge in [-0.15, -0.1) is 0 Å². The number of ketones is 1. The summed E-state index contributed by atoms with van der Waals surface area (Å²) in [6.45, 7) is 0. The average molecular weight is 269 g/mol. The van der Waals surface area contributed by atoms with Crippen LogP contribution < -0.4 is 5.73 Å². The van der Waals surface area contributed by atoms with Crippen molar-refractivity contribution in [2.75, 3.05) is 5.73 Å². The molecule has 0 radical (unpaired) electrons. The van der Waals surface area contributed by atoms with E-state index in [0.29, 0.717) is 6.07 Å². The van der Waals surface area contributed by atoms with Crippen LogP contribution in [0, 0.1) is 23.3 Å². The first-order valence-electron chi connectivity index (χ1n) is 5.15. The second-order valence-electron chi connectivity index (χ2n) is 3.75. The molecule has 0 aliphatic rings. The molecule has 0 spiro atoms. The molecule has 0 atom stereocenters. The van der Waals surface area contributed by atoms with E-state index in [2.05, 4.69) is 0 Å². The number of halogens is 4. The average Bonchev–Trinajstić information content (AvgIpc) is 2.39. The summed E-state index contributed by atoms with van der Waals surface area (Å²) in [5, 5.41) is 0. The topological polar surface area (TPSA) is 43.1 Å². The largest absolute Gasteiger partial charge is 0.396 e. The smallest absolute Gasteiger partial charge is 0.198 e. The van der Waals surface area contributed by atoms with E-state index in [1.165, 1.54) is 12.1 Å². The van der Waals surface area contributed by atoms with Crippen molar-refractivity contribution in [3.8, 4) is 0 Å². The van der Waals surface area contributed by atoms with Gasteiger partial charge in [0.1, 0.15) is 5.82 Å². The minimum absolute atomic E-state index is 0.315. The van der Waals surface area contributed by atoms with Gasteiger partial charge in [-0.2, -0.15) is 0 Å². The molecule has 0 fully saturated rings. The molecule has 0 heterocycles. The minimum atomic E-state index is -1.76. The van der Waals surface area contributed by atoms with Gasteiger partial charge in [0.15, 0.2) is 23.2 Å². The van der Waals surface area contributed by atoms with Crippen LogP contribution in [0.15, 0.2) is 30.3 Å². The highest BCUT2D eigenvalue weighted by atomic mass is 19.2. The molecule has 0 aliphatic heterocycles. The zero-order valence-corrected chi connectivity index (χ0v) is 9.38. The van der Waals surface area contributed by atoms with Crippen molar-refractivity contribution in [3.63, 3.8) is 0 Å². The van der Waals surface area contributed by atoms with Crippen molar-refractivity contribution in [3.05, 3.63) is 64.7 Å². The maximum absolute atomic E-state index is 13.5. The van der Waals surface area contributed by atoms with Gasteiger partial charge < -0.3 is 5.73 Å². The van der Waals surface area contributed by atoms with Crippen molar-refractivity contribution in [1.82, 2.24) is 0 Å². The van der Waals surface area contributed by atoms with Gasteiger partial charge >= 0.3 is 0 Å². The van der Waals surface area contributed by atoms with E-state index < -0.39 is 40.3 Å². The number of anilines is 1. The molecule has 0 amide bonds. The van der Waals surface area contributed by atoms with Crippen LogP contribution in [0.25, 0.3) is 0 Å². The fourth-order valence-corrected chi connectivity index (χ4v) is 1.58. The van der Waals surface area contributed by atoms with E-state index in [0.717, 1.165) is 12.1 Å². The van der Waals surface area contributed by atoms with Gasteiger partial charge in [0, 0.05) is 5.56 Å². The van der Waals surface area contributed by atoms with Crippen LogP contribution in [-0.2, 0) is 0 Å². The lowest BCUT2D eigenvalue weighted by atomic mass is 10.0. The number of hydrogen-bond donors (Lipinski definition) is 1. The summed E-state index contributed by atoms with van der Waals surface area (Å²) in [5.41, 5.74) is 3.85. The molecular weight excluding hydrogens is 262 g/mol. The third-order valence-corrected chi connectivity index (χ3v) is 2.58. The van der Waals surface area contributed by atoms with Crippen LogP contribution in [0.2, 0.25) is 0 Å². The SMILES string of the molecule is Nc1c(F)cccc1C(=O)c1ccc(F)c(F)c1F. The Balaban J connectivity index is 2.57. The predicted molar refractivity (Wildman–Crippen MR) is 60.6 cm³/mol. The lowest BCUT2D eigenvalue weighted by Gasteiger charge is -2.07. The molecule has 0 saturated carbocycles. The number of carbonyl (C=O) groups is 1. The number of rotatable bonds is 2. The Morgan fingerprint density at radius 3 is 2.21 bits per heavy atom. The lowest BCUT2D eigenvalue weighted by Crippen LogP contribution is -2.10. The number of nitrogens with two attached hydrogens (primary N) is 1. The van der Waals surface area contributed by atoms with Gasteiger partial charge in [-0.3, -0.25) is 4.79 Å². The fourth-order valence-electron chi connectivity index (χ4n) is 1.58. The summed E-state index contributed by atoms with van der Waals surface area (Å²) in [5.74, 6) is -6.68. The molecule has 0 aliphatic carbocycles. The van der Waals surface area contributed by atoms with Gasteiger partial charge in [0.25, 0.3) is 0 Å². The first-order chi connectivity index (χ1) is 8.93. The Morgan fingerprint density at radius 1 is 0.842 bits per heavy atom. The van der Waals surface area contributed by atoms with E-state index in [1.807, 2.05) is 0 Å². The van der Waals surface area contributed by atoms with Crippen LogP contribution in [0.1, 0.15) is 15.9 Å². The van der Waals surface area contributed by atoms with Crippen LogP contribution in [-0.4, -0.2) is 5.78 Å². The van der Waals surface area contributed by atoms with Crippen molar-refractivity contribution in [2.45, 2.75) is 0 Å². The van der Waals surface area contributed by atoms with Crippen molar-refractivity contribution in [1.29, 1.82) is 0 Å². The van der Waals surface area contributed by atoms with Gasteiger partial charge in [0.2, 0.25) is 0 Å². The second kappa shape index (κ2) is 4.72. The fraction of sp³-hybridized carbons (Fsp3) is 0. The molecule has 2 nitrogen and oxygen atoms in total. The summed E-state index contributed by atoms with van der Waals surface area (Å²) < 4.78 is 52.5. The molecule has 2 aromatic carbocycles. The molecule has 0 bridgehead atoms. The number of carbonyl (C=O) groups excluding carboxylic acids is 1. The number of para-hydroxylation sites is 1. The normalized spacial score (nSPS) is 10.5. The van der Waals surface area contributed by atoms with Crippen LogP contribution >= 0.6 is 0 Å². The summed E-state index contributed by atoms with van der Waals surface area (Å²) in [6, 6.07) is 4.79. The van der Waals surface area contributed by atoms with Crippen LogP contribution in [0.3, 0.4) is 0 Å². The molecule has 2 rings (SSSR count). The molecule has 2 aromatic rings. The zero-order chi connectivity index (χ0) is 14.2. The second-order valence-corrected chi connectivity index (χ2v) is 3.75. The van der Waals surface area contributed by atoms with Crippen LogP contribution in [0.4, 0.5) is 23.2 Å². The third-order valence-electron chi connectivity index (χ3n) is 2.58. The standard InChI is InChI=1S/C13H7F4NO/c14-8-5-4-6(10(16)11(8)17)13(19)7-2-1-3-9(15)12(7)18/h1-5H,18H2. The molecule has 19 heavy (non-hydrogen) atoms. The highest BCUT2D eigenvalue weighted by Gasteiger charge is 2.22. The molecule has 0 aromatic heterocycles. The predicted octanol–water partition coefficient (Wildman–Crippen LogP) is 3.06. The molecule has 98 valence electrons. The van der Waals surface area contributed by atoms with Crippen LogP contribution in [0.5, 0.6) is 0 Å². The monoisotopic (exact) mass is 269 g/mol. The molecule has 2 N–H and O–H groups in total. The quantitative estimate of drug-likeness (QED) is 0.394. The first kappa shape index (κ1) is 13.1. The Kier molecular flexibility index (Phi) is 3.25. The summed E-state index contributed by atoms with van der Waals surface area (Å²) >= 11 is 0. The minimum Gasteiger partial charge on any atom is -0.396 e. The van der Waals surface area contributed by atoms with Crippen molar-refractivity contribution < 1.29 is 22.4 Å². The van der Waals surface area contributed by atoms with E-state index in [4.69, 9.17) is 5.73 Å². The highest BCUT2D eigenvalue weighted by molar-refractivity contribution is 6.12. The molecule has 0 saturated heterocycles. The van der Waals surface area contributed by atoms with E-state index in [1.54, 1.807) is 0 Å². The van der Waals surface area contributed by atoms with Gasteiger partial charge in [-0.1, -0.05) is 6.07 Å². The Morgan fingerprint density at radius 2 is 1.53 bits per heavy atom. The van der Waals surface area contributed by atoms with Crippen molar-refractivity contribution in [2.24, 2.45) is 0 Å². The van der Waals surface area contributed by atoms with Gasteiger partial charge in [-0.05, 0) is 24.3 Å². The van der Waals surface area contributed by atoms with Gasteiger partial charge in [0.05, 0.1) is 11.3 Å². The van der Waals surface area contributed by atoms with E-state index in [-0.39, 0.29) is 5.56 Å². The van der Waals surface area contributed by atoms with Crippen molar-refractivity contribution >= 4 is 11.5 Å². The molecular formula is C13H7F4NO. The summed E-state index contributed by atoms with van der Waals surface area (Å²) in [6.07, 6.45) is 0. The van der Waals surface area contributed by atoms with E-state index in [9.17, 15) is 22.4 Å². The Hall–Kier alpha value is -2.37. The number of hydrogen-bond acceptors (Lipinski definition) is 2. The first-order valence-corrected chi connectivity index (χ1v) is 5.15. The Labute approximate surface area is 105 Å². The number of nitrogen functional groups attached to an aromatic ring is 1. The lowest BCUT2D eigenvalue weighted by molar-refractivity contribution is 0.103.